The number of hydrogen-bond donors (Lipinski definition) is 1. The zero-order chi connectivity index (χ0) is 16.2. The van der Waals surface area contributed by atoms with Gasteiger partial charge in [0, 0.05) is 15.7 Å². The fourth-order valence-electron chi connectivity index (χ4n) is 3.44. The Morgan fingerprint density at radius 3 is 2.83 bits per heavy atom. The van der Waals surface area contributed by atoms with E-state index in [1.54, 1.807) is 12.1 Å². The number of halogens is 1. The van der Waals surface area contributed by atoms with Crippen LogP contribution in [0.2, 0.25) is 0 Å². The van der Waals surface area contributed by atoms with Crippen LogP contribution in [0.5, 0.6) is 5.75 Å². The number of anilines is 1. The van der Waals surface area contributed by atoms with Crippen molar-refractivity contribution in [3.8, 4) is 5.75 Å². The number of benzene rings is 2. The number of amides is 1. The number of rotatable bonds is 2. The molecule has 0 saturated carbocycles. The molecule has 1 amide bonds. The SMILES string of the molecule is O=C(O)CN1C(=O)C2(COc3ccc(Br)cc32)c2ccccc21. The highest BCUT2D eigenvalue weighted by molar-refractivity contribution is 9.10. The predicted molar refractivity (Wildman–Crippen MR) is 86.8 cm³/mol. The maximum atomic E-state index is 13.2. The molecule has 1 spiro atoms. The Balaban J connectivity index is 1.96. The molecule has 0 radical (unpaired) electrons. The van der Waals surface area contributed by atoms with Gasteiger partial charge < -0.3 is 9.84 Å². The predicted octanol–water partition coefficient (Wildman–Crippen LogP) is 2.56. The largest absolute Gasteiger partial charge is 0.491 e. The lowest BCUT2D eigenvalue weighted by Crippen LogP contribution is -2.44. The lowest BCUT2D eigenvalue weighted by molar-refractivity contribution is -0.137. The van der Waals surface area contributed by atoms with Gasteiger partial charge >= 0.3 is 5.97 Å². The summed E-state index contributed by atoms with van der Waals surface area (Å²) in [7, 11) is 0. The van der Waals surface area contributed by atoms with Gasteiger partial charge in [0.2, 0.25) is 5.91 Å². The molecule has 0 aromatic heterocycles. The topological polar surface area (TPSA) is 66.8 Å². The minimum atomic E-state index is -1.04. The van der Waals surface area contributed by atoms with E-state index in [0.717, 1.165) is 15.6 Å². The van der Waals surface area contributed by atoms with E-state index < -0.39 is 11.4 Å². The lowest BCUT2D eigenvalue weighted by atomic mass is 9.77. The van der Waals surface area contributed by atoms with Gasteiger partial charge in [0.05, 0.1) is 0 Å². The molecule has 1 atom stereocenters. The van der Waals surface area contributed by atoms with Crippen molar-refractivity contribution in [1.82, 2.24) is 0 Å². The number of carbonyl (C=O) groups is 2. The Labute approximate surface area is 140 Å². The molecule has 0 aliphatic carbocycles. The Morgan fingerprint density at radius 2 is 2.04 bits per heavy atom. The standard InChI is InChI=1S/C17H12BrNO4/c18-10-5-6-14-12(7-10)17(9-23-14)11-3-1-2-4-13(11)19(16(17)22)8-15(20)21/h1-7H,8-9H2,(H,20,21). The van der Waals surface area contributed by atoms with Gasteiger partial charge in [0.15, 0.2) is 0 Å². The van der Waals surface area contributed by atoms with E-state index in [1.807, 2.05) is 30.3 Å². The van der Waals surface area contributed by atoms with Crippen LogP contribution in [-0.4, -0.2) is 30.1 Å². The number of para-hydroxylation sites is 1. The van der Waals surface area contributed by atoms with E-state index in [4.69, 9.17) is 9.84 Å². The van der Waals surface area contributed by atoms with Crippen molar-refractivity contribution in [2.75, 3.05) is 18.1 Å². The summed E-state index contributed by atoms with van der Waals surface area (Å²) in [5, 5.41) is 9.16. The second-order valence-electron chi connectivity index (χ2n) is 5.64. The summed E-state index contributed by atoms with van der Waals surface area (Å²) in [5.74, 6) is -0.634. The molecule has 23 heavy (non-hydrogen) atoms. The van der Waals surface area contributed by atoms with Crippen molar-refractivity contribution in [1.29, 1.82) is 0 Å². The number of fused-ring (bicyclic) bond motifs is 4. The van der Waals surface area contributed by atoms with Crippen molar-refractivity contribution >= 4 is 33.5 Å². The minimum absolute atomic E-state index is 0.185. The van der Waals surface area contributed by atoms with Gasteiger partial charge in [0.1, 0.15) is 24.3 Å². The summed E-state index contributed by atoms with van der Waals surface area (Å²) in [6.07, 6.45) is 0. The van der Waals surface area contributed by atoms with E-state index in [2.05, 4.69) is 15.9 Å². The summed E-state index contributed by atoms with van der Waals surface area (Å²) in [4.78, 5) is 25.7. The fourth-order valence-corrected chi connectivity index (χ4v) is 3.80. The molecule has 0 fully saturated rings. The first-order valence-corrected chi connectivity index (χ1v) is 7.89. The third-order valence-corrected chi connectivity index (χ3v) is 4.90. The molecule has 0 bridgehead atoms. The molecular weight excluding hydrogens is 362 g/mol. The highest BCUT2D eigenvalue weighted by atomic mass is 79.9. The summed E-state index contributed by atoms with van der Waals surface area (Å²) in [6, 6.07) is 12.9. The van der Waals surface area contributed by atoms with Gasteiger partial charge in [0.25, 0.3) is 0 Å². The quantitative estimate of drug-likeness (QED) is 0.878. The van der Waals surface area contributed by atoms with Crippen LogP contribution in [0.1, 0.15) is 11.1 Å². The molecule has 4 rings (SSSR count). The van der Waals surface area contributed by atoms with Crippen LogP contribution in [-0.2, 0) is 15.0 Å². The van der Waals surface area contributed by atoms with Crippen LogP contribution < -0.4 is 9.64 Å². The third kappa shape index (κ3) is 1.84. The zero-order valence-corrected chi connectivity index (χ0v) is 13.5. The Bertz CT molecular complexity index is 850. The van der Waals surface area contributed by atoms with Crippen LogP contribution in [0, 0.1) is 0 Å². The second-order valence-corrected chi connectivity index (χ2v) is 6.55. The molecule has 5 nitrogen and oxygen atoms in total. The van der Waals surface area contributed by atoms with Crippen LogP contribution in [0.4, 0.5) is 5.69 Å². The second kappa shape index (κ2) is 4.83. The molecule has 2 aromatic rings. The van der Waals surface area contributed by atoms with Crippen molar-refractivity contribution in [2.45, 2.75) is 5.41 Å². The monoisotopic (exact) mass is 373 g/mol. The van der Waals surface area contributed by atoms with Gasteiger partial charge in [-0.2, -0.15) is 0 Å². The minimum Gasteiger partial charge on any atom is -0.491 e. The summed E-state index contributed by atoms with van der Waals surface area (Å²) in [5.41, 5.74) is 1.24. The average molecular weight is 374 g/mol. The number of ether oxygens (including phenoxy) is 1. The van der Waals surface area contributed by atoms with E-state index in [9.17, 15) is 9.59 Å². The Kier molecular flexibility index (Phi) is 2.99. The van der Waals surface area contributed by atoms with E-state index in [-0.39, 0.29) is 19.1 Å². The molecular formula is C17H12BrNO4. The highest BCUT2D eigenvalue weighted by Gasteiger charge is 2.57. The first-order chi connectivity index (χ1) is 11.0. The molecule has 2 aromatic carbocycles. The zero-order valence-electron chi connectivity index (χ0n) is 12.0. The van der Waals surface area contributed by atoms with Gasteiger partial charge in [-0.05, 0) is 29.8 Å². The maximum Gasteiger partial charge on any atom is 0.323 e. The molecule has 2 heterocycles. The first kappa shape index (κ1) is 14.3. The fraction of sp³-hybridized carbons (Fsp3) is 0.176. The van der Waals surface area contributed by atoms with Crippen LogP contribution >= 0.6 is 15.9 Å². The molecule has 0 saturated heterocycles. The number of carboxylic acid groups (broad SMARTS) is 1. The third-order valence-electron chi connectivity index (χ3n) is 4.40. The van der Waals surface area contributed by atoms with Crippen molar-refractivity contribution in [3.63, 3.8) is 0 Å². The highest BCUT2D eigenvalue weighted by Crippen LogP contribution is 2.52. The van der Waals surface area contributed by atoms with E-state index in [0.29, 0.717) is 11.4 Å². The number of carboxylic acids is 1. The molecule has 116 valence electrons. The first-order valence-electron chi connectivity index (χ1n) is 7.10. The lowest BCUT2D eigenvalue weighted by Gasteiger charge is -2.22. The van der Waals surface area contributed by atoms with Gasteiger partial charge in [-0.25, -0.2) is 0 Å². The molecule has 2 aliphatic heterocycles. The van der Waals surface area contributed by atoms with Gasteiger partial charge in [-0.1, -0.05) is 34.1 Å². The van der Waals surface area contributed by atoms with Gasteiger partial charge in [-0.15, -0.1) is 0 Å². The number of nitrogens with zero attached hydrogens (tertiary/aromatic N) is 1. The molecule has 6 heteroatoms. The smallest absolute Gasteiger partial charge is 0.323 e. The Morgan fingerprint density at radius 1 is 1.26 bits per heavy atom. The van der Waals surface area contributed by atoms with Gasteiger partial charge in [-0.3, -0.25) is 14.5 Å². The summed E-state index contributed by atoms with van der Waals surface area (Å²) >= 11 is 3.44. The number of aliphatic carboxylic acids is 1. The van der Waals surface area contributed by atoms with Crippen LogP contribution in [0.3, 0.4) is 0 Å². The van der Waals surface area contributed by atoms with Crippen molar-refractivity contribution < 1.29 is 19.4 Å². The van der Waals surface area contributed by atoms with Crippen molar-refractivity contribution in [3.05, 3.63) is 58.1 Å². The van der Waals surface area contributed by atoms with E-state index >= 15 is 0 Å². The summed E-state index contributed by atoms with van der Waals surface area (Å²) < 4.78 is 6.61. The Hall–Kier alpha value is -2.34. The maximum absolute atomic E-state index is 13.2. The molecule has 1 N–H and O–H groups in total. The molecule has 2 aliphatic rings. The van der Waals surface area contributed by atoms with E-state index in [1.165, 1.54) is 4.90 Å². The molecule has 1 unspecified atom stereocenters. The number of carbonyl (C=O) groups excluding carboxylic acids is 1. The van der Waals surface area contributed by atoms with Crippen LogP contribution in [0.25, 0.3) is 0 Å². The van der Waals surface area contributed by atoms with Crippen molar-refractivity contribution in [2.24, 2.45) is 0 Å². The van der Waals surface area contributed by atoms with Crippen LogP contribution in [0.15, 0.2) is 46.9 Å². The normalized spacial score (nSPS) is 21.3. The summed E-state index contributed by atoms with van der Waals surface area (Å²) in [6.45, 7) is -0.175. The average Bonchev–Trinajstić information content (AvgIpc) is 3.01. The number of hydrogen-bond acceptors (Lipinski definition) is 3.